The van der Waals surface area contributed by atoms with Gasteiger partial charge < -0.3 is 18.9 Å². The lowest BCUT2D eigenvalue weighted by molar-refractivity contribution is -0.138. The zero-order valence-corrected chi connectivity index (χ0v) is 18.4. The Morgan fingerprint density at radius 2 is 1.97 bits per heavy atom. The van der Waals surface area contributed by atoms with Crippen LogP contribution in [-0.2, 0) is 11.3 Å². The van der Waals surface area contributed by atoms with Crippen molar-refractivity contribution in [1.82, 2.24) is 15.0 Å². The van der Waals surface area contributed by atoms with E-state index in [2.05, 4.69) is 16.7 Å². The maximum Gasteiger partial charge on any atom is 0.264 e. The second-order valence-electron chi connectivity index (χ2n) is 6.92. The van der Waals surface area contributed by atoms with Gasteiger partial charge >= 0.3 is 0 Å². The molecule has 0 fully saturated rings. The van der Waals surface area contributed by atoms with Gasteiger partial charge in [0.2, 0.25) is 11.7 Å². The molecule has 0 radical (unpaired) electrons. The van der Waals surface area contributed by atoms with E-state index in [1.54, 1.807) is 43.2 Å². The molecule has 2 aromatic carbocycles. The monoisotopic (exact) mass is 441 g/mol. The number of ether oxygens (including phenoxy) is 2. The number of methoxy groups -OCH3 is 1. The number of halogens is 1. The van der Waals surface area contributed by atoms with Crippen LogP contribution in [0.1, 0.15) is 18.4 Å². The predicted molar refractivity (Wildman–Crippen MR) is 118 cm³/mol. The molecule has 0 spiro atoms. The van der Waals surface area contributed by atoms with Crippen molar-refractivity contribution in [2.45, 2.75) is 26.5 Å². The Hall–Kier alpha value is -3.32. The van der Waals surface area contributed by atoms with E-state index in [9.17, 15) is 4.79 Å². The number of benzene rings is 2. The molecule has 0 N–H and O–H groups in total. The number of hydrogen-bond acceptors (Lipinski definition) is 6. The van der Waals surface area contributed by atoms with Gasteiger partial charge in [-0.1, -0.05) is 22.8 Å². The first kappa shape index (κ1) is 22.4. The summed E-state index contributed by atoms with van der Waals surface area (Å²) in [6.45, 7) is 7.75. The SMILES string of the molecule is C=CCN(Cc1nc(-c2ccc(OC)cc2)no1)C(=O)[C@@H](C)Oc1ccc(Cl)c(C)c1. The summed E-state index contributed by atoms with van der Waals surface area (Å²) in [5.41, 5.74) is 1.66. The van der Waals surface area contributed by atoms with Gasteiger partial charge in [0.25, 0.3) is 5.91 Å². The van der Waals surface area contributed by atoms with Gasteiger partial charge in [-0.15, -0.1) is 6.58 Å². The molecule has 0 aliphatic heterocycles. The Morgan fingerprint density at radius 3 is 2.61 bits per heavy atom. The van der Waals surface area contributed by atoms with E-state index < -0.39 is 6.10 Å². The maximum absolute atomic E-state index is 13.0. The number of carbonyl (C=O) groups is 1. The second kappa shape index (κ2) is 10.1. The average molecular weight is 442 g/mol. The molecule has 1 atom stereocenters. The lowest BCUT2D eigenvalue weighted by atomic mass is 10.2. The molecule has 0 aliphatic rings. The van der Waals surface area contributed by atoms with Crippen LogP contribution >= 0.6 is 11.6 Å². The fourth-order valence-electron chi connectivity index (χ4n) is 2.93. The van der Waals surface area contributed by atoms with E-state index in [1.807, 2.05) is 31.2 Å². The summed E-state index contributed by atoms with van der Waals surface area (Å²) in [7, 11) is 1.60. The summed E-state index contributed by atoms with van der Waals surface area (Å²) in [4.78, 5) is 18.9. The Labute approximate surface area is 186 Å². The molecule has 8 heteroatoms. The van der Waals surface area contributed by atoms with E-state index in [4.69, 9.17) is 25.6 Å². The van der Waals surface area contributed by atoms with Gasteiger partial charge in [-0.3, -0.25) is 4.79 Å². The molecule has 1 amide bonds. The molecule has 31 heavy (non-hydrogen) atoms. The normalized spacial score (nSPS) is 11.6. The van der Waals surface area contributed by atoms with E-state index in [-0.39, 0.29) is 12.5 Å². The van der Waals surface area contributed by atoms with Crippen LogP contribution in [0.3, 0.4) is 0 Å². The van der Waals surface area contributed by atoms with Crippen molar-refractivity contribution in [2.75, 3.05) is 13.7 Å². The number of carbonyl (C=O) groups excluding carboxylic acids is 1. The van der Waals surface area contributed by atoms with Crippen LogP contribution in [0.2, 0.25) is 5.02 Å². The van der Waals surface area contributed by atoms with E-state index in [0.29, 0.717) is 29.0 Å². The minimum atomic E-state index is -0.718. The highest BCUT2D eigenvalue weighted by atomic mass is 35.5. The van der Waals surface area contributed by atoms with Crippen molar-refractivity contribution in [2.24, 2.45) is 0 Å². The van der Waals surface area contributed by atoms with E-state index >= 15 is 0 Å². The van der Waals surface area contributed by atoms with Crippen molar-refractivity contribution < 1.29 is 18.8 Å². The first-order valence-corrected chi connectivity index (χ1v) is 10.1. The third-order valence-corrected chi connectivity index (χ3v) is 5.02. The Bertz CT molecular complexity index is 1050. The molecular weight excluding hydrogens is 418 g/mol. The first-order valence-electron chi connectivity index (χ1n) is 9.70. The lowest BCUT2D eigenvalue weighted by Gasteiger charge is -2.23. The average Bonchev–Trinajstić information content (AvgIpc) is 3.24. The molecule has 0 unspecified atom stereocenters. The van der Waals surface area contributed by atoms with Crippen molar-refractivity contribution in [3.63, 3.8) is 0 Å². The van der Waals surface area contributed by atoms with Gasteiger partial charge in [-0.2, -0.15) is 4.98 Å². The molecule has 0 saturated heterocycles. The largest absolute Gasteiger partial charge is 0.497 e. The Morgan fingerprint density at radius 1 is 1.26 bits per heavy atom. The Kier molecular flexibility index (Phi) is 7.31. The standard InChI is InChI=1S/C23H24ClN3O4/c1-5-12-27(23(28)16(3)30-19-10-11-20(24)15(2)13-19)14-21-25-22(26-31-21)17-6-8-18(29-4)9-7-17/h5-11,13,16H,1,12,14H2,2-4H3/t16-/m1/s1. The van der Waals surface area contributed by atoms with Crippen molar-refractivity contribution in [1.29, 1.82) is 0 Å². The molecule has 0 bridgehead atoms. The lowest BCUT2D eigenvalue weighted by Crippen LogP contribution is -2.40. The number of nitrogens with zero attached hydrogens (tertiary/aromatic N) is 3. The van der Waals surface area contributed by atoms with Gasteiger partial charge in [-0.05, 0) is 61.9 Å². The molecule has 1 heterocycles. The molecule has 1 aromatic heterocycles. The smallest absolute Gasteiger partial charge is 0.264 e. The summed E-state index contributed by atoms with van der Waals surface area (Å²) in [5.74, 6) is 1.83. The van der Waals surface area contributed by atoms with Crippen LogP contribution in [0.4, 0.5) is 0 Å². The molecule has 0 aliphatic carbocycles. The number of aryl methyl sites for hydroxylation is 1. The van der Waals surface area contributed by atoms with Crippen molar-refractivity contribution >= 4 is 17.5 Å². The second-order valence-corrected chi connectivity index (χ2v) is 7.33. The third kappa shape index (κ3) is 5.64. The quantitative estimate of drug-likeness (QED) is 0.448. The van der Waals surface area contributed by atoms with Crippen LogP contribution in [0.5, 0.6) is 11.5 Å². The van der Waals surface area contributed by atoms with Crippen molar-refractivity contribution in [3.05, 3.63) is 71.6 Å². The van der Waals surface area contributed by atoms with Gasteiger partial charge in [0.05, 0.1) is 7.11 Å². The number of hydrogen-bond donors (Lipinski definition) is 0. The van der Waals surface area contributed by atoms with Crippen LogP contribution < -0.4 is 9.47 Å². The van der Waals surface area contributed by atoms with Crippen LogP contribution in [0, 0.1) is 6.92 Å². The van der Waals surface area contributed by atoms with Gasteiger partial charge in [-0.25, -0.2) is 0 Å². The summed E-state index contributed by atoms with van der Waals surface area (Å²) in [5, 5.41) is 4.65. The summed E-state index contributed by atoms with van der Waals surface area (Å²) >= 11 is 6.05. The molecule has 162 valence electrons. The van der Waals surface area contributed by atoms with Gasteiger partial charge in [0.15, 0.2) is 6.10 Å². The number of aromatic nitrogens is 2. The molecular formula is C23H24ClN3O4. The predicted octanol–water partition coefficient (Wildman–Crippen LogP) is 4.69. The topological polar surface area (TPSA) is 77.7 Å². The molecule has 7 nitrogen and oxygen atoms in total. The van der Waals surface area contributed by atoms with Crippen molar-refractivity contribution in [3.8, 4) is 22.9 Å². The minimum absolute atomic E-state index is 0.140. The highest BCUT2D eigenvalue weighted by molar-refractivity contribution is 6.31. The van der Waals surface area contributed by atoms with E-state index in [0.717, 1.165) is 16.9 Å². The highest BCUT2D eigenvalue weighted by Crippen LogP contribution is 2.23. The van der Waals surface area contributed by atoms with Gasteiger partial charge in [0, 0.05) is 17.1 Å². The molecule has 3 rings (SSSR count). The first-order chi connectivity index (χ1) is 14.9. The fraction of sp³-hybridized carbons (Fsp3) is 0.261. The Balaban J connectivity index is 1.69. The summed E-state index contributed by atoms with van der Waals surface area (Å²) < 4.78 is 16.3. The van der Waals surface area contributed by atoms with Crippen LogP contribution in [0.15, 0.2) is 59.6 Å². The molecule has 3 aromatic rings. The van der Waals surface area contributed by atoms with Gasteiger partial charge in [0.1, 0.15) is 18.0 Å². The summed E-state index contributed by atoms with van der Waals surface area (Å²) in [6.07, 6.45) is 0.919. The molecule has 0 saturated carbocycles. The maximum atomic E-state index is 13.0. The zero-order chi connectivity index (χ0) is 22.4. The zero-order valence-electron chi connectivity index (χ0n) is 17.7. The van der Waals surface area contributed by atoms with Crippen LogP contribution in [-0.4, -0.2) is 40.7 Å². The van der Waals surface area contributed by atoms with Crippen LogP contribution in [0.25, 0.3) is 11.4 Å². The summed E-state index contributed by atoms with van der Waals surface area (Å²) in [6, 6.07) is 12.6. The number of amides is 1. The minimum Gasteiger partial charge on any atom is -0.497 e. The third-order valence-electron chi connectivity index (χ3n) is 4.59. The number of rotatable bonds is 9. The highest BCUT2D eigenvalue weighted by Gasteiger charge is 2.24. The fourth-order valence-corrected chi connectivity index (χ4v) is 3.05. The van der Waals surface area contributed by atoms with E-state index in [1.165, 1.54) is 0 Å².